The molecule has 0 saturated heterocycles. The average Bonchev–Trinajstić information content (AvgIpc) is 3.49. The smallest absolute Gasteiger partial charge is 0.312 e. The van der Waals surface area contributed by atoms with E-state index in [1.807, 2.05) is 0 Å². The molecule has 0 radical (unpaired) electrons. The molecule has 0 aromatic carbocycles. The summed E-state index contributed by atoms with van der Waals surface area (Å²) in [4.78, 5) is 30.3. The summed E-state index contributed by atoms with van der Waals surface area (Å²) in [6.07, 6.45) is -0.621. The molecule has 4 aromatic rings. The Kier molecular flexibility index (Phi) is 5.70. The van der Waals surface area contributed by atoms with Crippen LogP contribution in [-0.4, -0.2) is 55.8 Å². The quantitative estimate of drug-likeness (QED) is 0.366. The fraction of sp³-hybridized carbons (Fsp3) is 0.381. The number of pyridine rings is 1. The second kappa shape index (κ2) is 8.51. The highest BCUT2D eigenvalue weighted by atomic mass is 32.2. The van der Waals surface area contributed by atoms with E-state index in [-0.39, 0.29) is 39.6 Å². The first kappa shape index (κ1) is 24.1. The highest BCUT2D eigenvalue weighted by molar-refractivity contribution is 7.91. The summed E-state index contributed by atoms with van der Waals surface area (Å²) in [5.74, 6) is -0.617. The SMILES string of the molecule is CCS(=O)(=O)c1nn2c(C(=O)NOCC3CC3)ccnc2c1-c1nc2cc(C(F)(F)F)cnc2n1C. The number of nitrogens with one attached hydrogen (secondary N) is 1. The molecule has 5 rings (SSSR count). The van der Waals surface area contributed by atoms with Crippen molar-refractivity contribution in [1.82, 2.24) is 34.6 Å². The van der Waals surface area contributed by atoms with Crippen molar-refractivity contribution in [3.8, 4) is 11.4 Å². The van der Waals surface area contributed by atoms with Crippen LogP contribution in [0.15, 0.2) is 29.6 Å². The lowest BCUT2D eigenvalue weighted by atomic mass is 10.2. The fourth-order valence-corrected chi connectivity index (χ4v) is 4.64. The summed E-state index contributed by atoms with van der Waals surface area (Å²) in [5, 5.41) is 3.76. The van der Waals surface area contributed by atoms with Crippen LogP contribution in [0.3, 0.4) is 0 Å². The molecule has 0 atom stereocenters. The molecule has 4 heterocycles. The number of carbonyl (C=O) groups excluding carboxylic acids is 1. The van der Waals surface area contributed by atoms with E-state index in [4.69, 9.17) is 4.84 Å². The predicted octanol–water partition coefficient (Wildman–Crippen LogP) is 2.56. The zero-order valence-electron chi connectivity index (χ0n) is 19.1. The Hall–Kier alpha value is -3.59. The number of rotatable bonds is 7. The number of aromatic nitrogens is 6. The van der Waals surface area contributed by atoms with Gasteiger partial charge in [-0.1, -0.05) is 6.92 Å². The third-order valence-electron chi connectivity index (χ3n) is 5.83. The summed E-state index contributed by atoms with van der Waals surface area (Å²) < 4.78 is 68.0. The van der Waals surface area contributed by atoms with Gasteiger partial charge in [0.25, 0.3) is 5.91 Å². The van der Waals surface area contributed by atoms with Gasteiger partial charge in [0.05, 0.1) is 17.9 Å². The summed E-state index contributed by atoms with van der Waals surface area (Å²) in [6, 6.07) is 2.17. The maximum Gasteiger partial charge on any atom is 0.417 e. The van der Waals surface area contributed by atoms with Crippen LogP contribution in [0.25, 0.3) is 28.2 Å². The first-order chi connectivity index (χ1) is 17.0. The van der Waals surface area contributed by atoms with Crippen molar-refractivity contribution in [1.29, 1.82) is 0 Å². The van der Waals surface area contributed by atoms with E-state index in [0.29, 0.717) is 18.7 Å². The standard InChI is InChI=1S/C21H20F3N7O4S/c1-3-36(33,34)20-15(18-27-13-8-12(21(22,23)24)9-26-16(13)30(18)2)17-25-7-6-14(31(17)28-20)19(32)29-35-10-11-4-5-11/h6-9,11H,3-5,10H2,1-2H3,(H,29,32). The Morgan fingerprint density at radius 3 is 2.67 bits per heavy atom. The second-order valence-corrected chi connectivity index (χ2v) is 10.6. The summed E-state index contributed by atoms with van der Waals surface area (Å²) in [7, 11) is -2.49. The van der Waals surface area contributed by atoms with Gasteiger partial charge in [0, 0.05) is 19.4 Å². The van der Waals surface area contributed by atoms with Crippen molar-refractivity contribution in [3.63, 3.8) is 0 Å². The van der Waals surface area contributed by atoms with Gasteiger partial charge in [-0.15, -0.1) is 0 Å². The summed E-state index contributed by atoms with van der Waals surface area (Å²) in [6.45, 7) is 1.77. The number of sulfone groups is 1. The Balaban J connectivity index is 1.69. The van der Waals surface area contributed by atoms with Gasteiger partial charge >= 0.3 is 6.18 Å². The number of hydrogen-bond donors (Lipinski definition) is 1. The molecule has 1 saturated carbocycles. The zero-order chi connectivity index (χ0) is 25.8. The van der Waals surface area contributed by atoms with Gasteiger partial charge in [-0.05, 0) is 30.9 Å². The Morgan fingerprint density at radius 1 is 1.25 bits per heavy atom. The van der Waals surface area contributed by atoms with Crippen LogP contribution in [0.4, 0.5) is 13.2 Å². The van der Waals surface area contributed by atoms with Crippen LogP contribution in [0.2, 0.25) is 0 Å². The second-order valence-electron chi connectivity index (χ2n) is 8.39. The largest absolute Gasteiger partial charge is 0.417 e. The van der Waals surface area contributed by atoms with E-state index < -0.39 is 32.5 Å². The number of carbonyl (C=O) groups is 1. The van der Waals surface area contributed by atoms with E-state index in [1.165, 1.54) is 30.8 Å². The van der Waals surface area contributed by atoms with Gasteiger partial charge < -0.3 is 4.57 Å². The normalized spacial score (nSPS) is 14.6. The van der Waals surface area contributed by atoms with Crippen LogP contribution in [0.1, 0.15) is 35.8 Å². The van der Waals surface area contributed by atoms with Gasteiger partial charge in [-0.3, -0.25) is 9.63 Å². The molecule has 1 aliphatic carbocycles. The van der Waals surface area contributed by atoms with Crippen molar-refractivity contribution in [2.75, 3.05) is 12.4 Å². The molecule has 1 amide bonds. The Labute approximate surface area is 202 Å². The molecule has 190 valence electrons. The molecule has 0 unspecified atom stereocenters. The number of aryl methyl sites for hydroxylation is 1. The third kappa shape index (κ3) is 4.17. The lowest BCUT2D eigenvalue weighted by molar-refractivity contribution is -0.137. The number of alkyl halides is 3. The first-order valence-corrected chi connectivity index (χ1v) is 12.6. The van der Waals surface area contributed by atoms with Gasteiger partial charge in [0.2, 0.25) is 0 Å². The number of hydrogen-bond acceptors (Lipinski definition) is 8. The fourth-order valence-electron chi connectivity index (χ4n) is 3.66. The molecule has 0 spiro atoms. The molecule has 0 bridgehead atoms. The van der Waals surface area contributed by atoms with Crippen LogP contribution < -0.4 is 5.48 Å². The minimum atomic E-state index is -4.63. The van der Waals surface area contributed by atoms with Crippen LogP contribution in [0.5, 0.6) is 0 Å². The monoisotopic (exact) mass is 523 g/mol. The molecule has 36 heavy (non-hydrogen) atoms. The lowest BCUT2D eigenvalue weighted by Gasteiger charge is -2.06. The number of hydroxylamine groups is 1. The van der Waals surface area contributed by atoms with E-state index in [0.717, 1.165) is 23.4 Å². The van der Waals surface area contributed by atoms with Crippen LogP contribution in [0, 0.1) is 5.92 Å². The Bertz CT molecular complexity index is 1610. The molecular weight excluding hydrogens is 503 g/mol. The van der Waals surface area contributed by atoms with Crippen LogP contribution >= 0.6 is 0 Å². The minimum absolute atomic E-state index is 0.0195. The van der Waals surface area contributed by atoms with Gasteiger partial charge in [0.15, 0.2) is 26.2 Å². The average molecular weight is 523 g/mol. The molecule has 11 nitrogen and oxygen atoms in total. The molecule has 1 aliphatic rings. The molecular formula is C21H20F3N7O4S. The van der Waals surface area contributed by atoms with Crippen molar-refractivity contribution in [2.45, 2.75) is 31.0 Å². The van der Waals surface area contributed by atoms with Gasteiger partial charge in [0.1, 0.15) is 22.6 Å². The minimum Gasteiger partial charge on any atom is -0.312 e. The molecule has 4 aromatic heterocycles. The molecule has 1 N–H and O–H groups in total. The number of imidazole rings is 1. The van der Waals surface area contributed by atoms with Gasteiger partial charge in [-0.25, -0.2) is 33.4 Å². The topological polar surface area (TPSA) is 133 Å². The predicted molar refractivity (Wildman–Crippen MR) is 119 cm³/mol. The first-order valence-electron chi connectivity index (χ1n) is 10.9. The maximum atomic E-state index is 13.2. The summed E-state index contributed by atoms with van der Waals surface area (Å²) in [5.41, 5.74) is 1.20. The maximum absolute atomic E-state index is 13.2. The molecule has 15 heteroatoms. The van der Waals surface area contributed by atoms with Crippen molar-refractivity contribution in [2.24, 2.45) is 13.0 Å². The van der Waals surface area contributed by atoms with E-state index in [2.05, 4.69) is 25.5 Å². The lowest BCUT2D eigenvalue weighted by Crippen LogP contribution is -2.27. The van der Waals surface area contributed by atoms with E-state index in [9.17, 15) is 26.4 Å². The highest BCUT2D eigenvalue weighted by Crippen LogP contribution is 2.35. The molecule has 0 aliphatic heterocycles. The number of amides is 1. The van der Waals surface area contributed by atoms with Crippen molar-refractivity contribution in [3.05, 3.63) is 35.8 Å². The summed E-state index contributed by atoms with van der Waals surface area (Å²) >= 11 is 0. The number of fused-ring (bicyclic) bond motifs is 2. The third-order valence-corrected chi connectivity index (χ3v) is 7.47. The van der Waals surface area contributed by atoms with E-state index in [1.54, 1.807) is 0 Å². The van der Waals surface area contributed by atoms with Crippen LogP contribution in [-0.2, 0) is 27.9 Å². The van der Waals surface area contributed by atoms with E-state index >= 15 is 0 Å². The Morgan fingerprint density at radius 2 is 2.00 bits per heavy atom. The van der Waals surface area contributed by atoms with Crippen molar-refractivity contribution < 1.29 is 31.2 Å². The number of halogens is 3. The van der Waals surface area contributed by atoms with Crippen molar-refractivity contribution >= 4 is 32.6 Å². The zero-order valence-corrected chi connectivity index (χ0v) is 19.9. The number of nitrogens with zero attached hydrogens (tertiary/aromatic N) is 6. The molecule has 1 fully saturated rings. The van der Waals surface area contributed by atoms with Gasteiger partial charge in [-0.2, -0.15) is 18.3 Å². The highest BCUT2D eigenvalue weighted by Gasteiger charge is 2.34.